The van der Waals surface area contributed by atoms with E-state index < -0.39 is 28.0 Å². The van der Waals surface area contributed by atoms with Gasteiger partial charge < -0.3 is 9.84 Å². The molecule has 0 bridgehead atoms. The lowest BCUT2D eigenvalue weighted by Crippen LogP contribution is -2.45. The van der Waals surface area contributed by atoms with Crippen LogP contribution in [0, 0.1) is 5.82 Å². The molecule has 1 unspecified atom stereocenters. The first-order valence-corrected chi connectivity index (χ1v) is 8.27. The first kappa shape index (κ1) is 16.4. The molecule has 5 nitrogen and oxygen atoms in total. The third kappa shape index (κ3) is 4.00. The van der Waals surface area contributed by atoms with Gasteiger partial charge in [0.1, 0.15) is 5.82 Å². The quantitative estimate of drug-likeness (QED) is 0.883. The fraction of sp³-hybridized carbons (Fsp3) is 0.571. The number of benzene rings is 1. The first-order chi connectivity index (χ1) is 9.73. The van der Waals surface area contributed by atoms with E-state index in [4.69, 9.17) is 4.74 Å². The van der Waals surface area contributed by atoms with Gasteiger partial charge in [0.2, 0.25) is 10.0 Å². The summed E-state index contributed by atoms with van der Waals surface area (Å²) in [7, 11) is -3.88. The summed E-state index contributed by atoms with van der Waals surface area (Å²) in [5, 5.41) is 9.23. The van der Waals surface area contributed by atoms with Crippen LogP contribution in [-0.4, -0.2) is 31.8 Å². The molecule has 1 saturated heterocycles. The fourth-order valence-electron chi connectivity index (χ4n) is 2.52. The molecule has 1 aromatic rings. The second kappa shape index (κ2) is 6.00. The Morgan fingerprint density at radius 2 is 2.19 bits per heavy atom. The SMILES string of the molecule is CC1(C)CC(NS(=O)(=O)c2cc(F)ccc2CO)CCO1. The molecular weight excluding hydrogens is 297 g/mol. The number of hydrogen-bond donors (Lipinski definition) is 2. The van der Waals surface area contributed by atoms with Crippen molar-refractivity contribution in [1.29, 1.82) is 0 Å². The van der Waals surface area contributed by atoms with Gasteiger partial charge in [-0.3, -0.25) is 0 Å². The van der Waals surface area contributed by atoms with Gasteiger partial charge in [-0.25, -0.2) is 17.5 Å². The third-order valence-corrected chi connectivity index (χ3v) is 5.11. The topological polar surface area (TPSA) is 75.6 Å². The van der Waals surface area contributed by atoms with Crippen LogP contribution in [0.4, 0.5) is 4.39 Å². The second-order valence-corrected chi connectivity index (χ2v) is 7.51. The van der Waals surface area contributed by atoms with E-state index in [2.05, 4.69) is 4.72 Å². The average molecular weight is 317 g/mol. The Morgan fingerprint density at radius 1 is 1.48 bits per heavy atom. The number of aliphatic hydroxyl groups excluding tert-OH is 1. The van der Waals surface area contributed by atoms with Crippen molar-refractivity contribution in [1.82, 2.24) is 4.72 Å². The number of rotatable bonds is 4. The summed E-state index contributed by atoms with van der Waals surface area (Å²) in [6.45, 7) is 3.80. The van der Waals surface area contributed by atoms with Gasteiger partial charge in [-0.2, -0.15) is 0 Å². The van der Waals surface area contributed by atoms with Crippen molar-refractivity contribution in [3.63, 3.8) is 0 Å². The number of ether oxygens (including phenoxy) is 1. The minimum absolute atomic E-state index is 0.176. The Kier molecular flexibility index (Phi) is 4.67. The normalized spacial score (nSPS) is 22.2. The van der Waals surface area contributed by atoms with Crippen molar-refractivity contribution in [2.24, 2.45) is 0 Å². The number of halogens is 1. The minimum atomic E-state index is -3.88. The monoisotopic (exact) mass is 317 g/mol. The Balaban J connectivity index is 2.24. The Labute approximate surface area is 124 Å². The van der Waals surface area contributed by atoms with E-state index in [1.165, 1.54) is 6.07 Å². The van der Waals surface area contributed by atoms with Gasteiger partial charge in [-0.1, -0.05) is 6.07 Å². The van der Waals surface area contributed by atoms with Gasteiger partial charge >= 0.3 is 0 Å². The van der Waals surface area contributed by atoms with E-state index >= 15 is 0 Å². The lowest BCUT2D eigenvalue weighted by molar-refractivity contribution is -0.0599. The molecule has 0 amide bonds. The van der Waals surface area contributed by atoms with Crippen LogP contribution >= 0.6 is 0 Å². The lowest BCUT2D eigenvalue weighted by atomic mass is 9.95. The molecule has 0 aliphatic carbocycles. The van der Waals surface area contributed by atoms with Crippen molar-refractivity contribution < 1.29 is 22.7 Å². The molecule has 118 valence electrons. The van der Waals surface area contributed by atoms with Crippen LogP contribution < -0.4 is 4.72 Å². The number of sulfonamides is 1. The highest BCUT2D eigenvalue weighted by atomic mass is 32.2. The lowest BCUT2D eigenvalue weighted by Gasteiger charge is -2.35. The summed E-state index contributed by atoms with van der Waals surface area (Å²) in [6, 6.07) is 3.06. The van der Waals surface area contributed by atoms with E-state index in [9.17, 15) is 17.9 Å². The fourth-order valence-corrected chi connectivity index (χ4v) is 4.04. The molecule has 1 fully saturated rings. The zero-order valence-electron chi connectivity index (χ0n) is 12.1. The standard InChI is InChI=1S/C14H20FNO4S/c1-14(2)8-12(5-6-20-14)16-21(18,19)13-7-11(15)4-3-10(13)9-17/h3-4,7,12,16-17H,5-6,8-9H2,1-2H3. The largest absolute Gasteiger partial charge is 0.392 e. The maximum atomic E-state index is 13.3. The van der Waals surface area contributed by atoms with Crippen LogP contribution in [0.1, 0.15) is 32.3 Å². The second-order valence-electron chi connectivity index (χ2n) is 5.83. The van der Waals surface area contributed by atoms with Crippen molar-refractivity contribution in [3.8, 4) is 0 Å². The van der Waals surface area contributed by atoms with Gasteiger partial charge in [-0.15, -0.1) is 0 Å². The maximum absolute atomic E-state index is 13.3. The molecule has 1 aromatic carbocycles. The Bertz CT molecular complexity index is 615. The molecule has 0 saturated carbocycles. The van der Waals surface area contributed by atoms with E-state index in [0.29, 0.717) is 19.4 Å². The van der Waals surface area contributed by atoms with Crippen LogP contribution in [0.2, 0.25) is 0 Å². The Hall–Kier alpha value is -1.02. The predicted octanol–water partition coefficient (Wildman–Crippen LogP) is 1.55. The van der Waals surface area contributed by atoms with Crippen LogP contribution in [-0.2, 0) is 21.4 Å². The van der Waals surface area contributed by atoms with E-state index in [1.807, 2.05) is 13.8 Å². The van der Waals surface area contributed by atoms with Crippen molar-refractivity contribution in [2.45, 2.75) is 49.8 Å². The number of nitrogens with one attached hydrogen (secondary N) is 1. The van der Waals surface area contributed by atoms with E-state index in [0.717, 1.165) is 12.1 Å². The third-order valence-electron chi connectivity index (χ3n) is 3.51. The smallest absolute Gasteiger partial charge is 0.241 e. The van der Waals surface area contributed by atoms with Crippen molar-refractivity contribution in [2.75, 3.05) is 6.61 Å². The molecule has 1 aliphatic heterocycles. The van der Waals surface area contributed by atoms with E-state index in [1.54, 1.807) is 0 Å². The van der Waals surface area contributed by atoms with Crippen molar-refractivity contribution >= 4 is 10.0 Å². The maximum Gasteiger partial charge on any atom is 0.241 e. The minimum Gasteiger partial charge on any atom is -0.392 e. The van der Waals surface area contributed by atoms with Gasteiger partial charge in [0.25, 0.3) is 0 Å². The summed E-state index contributed by atoms with van der Waals surface area (Å²) in [4.78, 5) is -0.214. The molecule has 2 rings (SSSR count). The highest BCUT2D eigenvalue weighted by Crippen LogP contribution is 2.26. The zero-order valence-corrected chi connectivity index (χ0v) is 12.9. The van der Waals surface area contributed by atoms with Crippen LogP contribution in [0.25, 0.3) is 0 Å². The summed E-state index contributed by atoms with van der Waals surface area (Å²) < 4.78 is 46.3. The number of aliphatic hydroxyl groups is 1. The van der Waals surface area contributed by atoms with Crippen molar-refractivity contribution in [3.05, 3.63) is 29.6 Å². The zero-order chi connectivity index (χ0) is 15.7. The highest BCUT2D eigenvalue weighted by molar-refractivity contribution is 7.89. The summed E-state index contributed by atoms with van der Waals surface area (Å²) in [5.74, 6) is -0.653. The molecule has 0 spiro atoms. The first-order valence-electron chi connectivity index (χ1n) is 6.79. The molecule has 1 aliphatic rings. The highest BCUT2D eigenvalue weighted by Gasteiger charge is 2.32. The molecule has 2 N–H and O–H groups in total. The molecule has 7 heteroatoms. The molecule has 0 aromatic heterocycles. The van der Waals surface area contributed by atoms with Gasteiger partial charge in [0.05, 0.1) is 17.1 Å². The summed E-state index contributed by atoms with van der Waals surface area (Å²) in [5.41, 5.74) is -0.220. The van der Waals surface area contributed by atoms with Gasteiger partial charge in [0.15, 0.2) is 0 Å². The van der Waals surface area contributed by atoms with Crippen LogP contribution in [0.5, 0.6) is 0 Å². The predicted molar refractivity (Wildman–Crippen MR) is 75.7 cm³/mol. The van der Waals surface area contributed by atoms with Gasteiger partial charge in [-0.05, 0) is 44.4 Å². The molecule has 0 radical (unpaired) electrons. The molecule has 1 atom stereocenters. The average Bonchev–Trinajstić information content (AvgIpc) is 2.37. The Morgan fingerprint density at radius 3 is 2.81 bits per heavy atom. The van der Waals surface area contributed by atoms with Gasteiger partial charge in [0, 0.05) is 12.6 Å². The summed E-state index contributed by atoms with van der Waals surface area (Å²) >= 11 is 0. The summed E-state index contributed by atoms with van der Waals surface area (Å²) in [6.07, 6.45) is 1.10. The molecule has 1 heterocycles. The van der Waals surface area contributed by atoms with E-state index in [-0.39, 0.29) is 16.5 Å². The van der Waals surface area contributed by atoms with Crippen LogP contribution in [0.3, 0.4) is 0 Å². The number of hydrogen-bond acceptors (Lipinski definition) is 4. The molecular formula is C14H20FNO4S. The molecule has 21 heavy (non-hydrogen) atoms. The van der Waals surface area contributed by atoms with Crippen LogP contribution in [0.15, 0.2) is 23.1 Å².